The van der Waals surface area contributed by atoms with Crippen molar-refractivity contribution in [1.29, 1.82) is 0 Å². The normalized spacial score (nSPS) is 18.2. The van der Waals surface area contributed by atoms with Gasteiger partial charge in [-0.05, 0) is 6.92 Å². The van der Waals surface area contributed by atoms with E-state index in [9.17, 15) is 14.4 Å². The highest BCUT2D eigenvalue weighted by Gasteiger charge is 2.44. The van der Waals surface area contributed by atoms with Gasteiger partial charge in [0.05, 0.1) is 17.7 Å². The molecule has 6 nitrogen and oxygen atoms in total. The third-order valence-corrected chi connectivity index (χ3v) is 4.18. The Morgan fingerprint density at radius 2 is 2.11 bits per heavy atom. The number of imide groups is 1. The largest absolute Gasteiger partial charge is 0.477 e. The summed E-state index contributed by atoms with van der Waals surface area (Å²) < 4.78 is 0. The molecule has 0 unspecified atom stereocenters. The lowest BCUT2D eigenvalue weighted by Crippen LogP contribution is -2.32. The average molecular weight is 282 g/mol. The Balaban J connectivity index is 2.23. The molecule has 1 aromatic heterocycles. The molecule has 1 N–H and O–H groups in total. The fourth-order valence-electron chi connectivity index (χ4n) is 2.04. The number of amides is 2. The molecule has 19 heavy (non-hydrogen) atoms. The van der Waals surface area contributed by atoms with Crippen molar-refractivity contribution in [2.75, 3.05) is 0 Å². The molecular weight excluding hydrogens is 268 g/mol. The molecule has 2 rings (SSSR count). The van der Waals surface area contributed by atoms with E-state index in [0.717, 1.165) is 16.2 Å². The first-order valence-electron chi connectivity index (χ1n) is 5.77. The van der Waals surface area contributed by atoms with Gasteiger partial charge in [0.15, 0.2) is 0 Å². The topological polar surface area (TPSA) is 87.6 Å². The van der Waals surface area contributed by atoms with E-state index < -0.39 is 11.4 Å². The number of likely N-dealkylation sites (tertiary alicyclic amines) is 1. The minimum absolute atomic E-state index is 0.0554. The van der Waals surface area contributed by atoms with Crippen molar-refractivity contribution in [3.63, 3.8) is 0 Å². The maximum atomic E-state index is 12.0. The van der Waals surface area contributed by atoms with Gasteiger partial charge < -0.3 is 5.11 Å². The molecule has 0 aromatic carbocycles. The van der Waals surface area contributed by atoms with Crippen LogP contribution in [0.15, 0.2) is 0 Å². The summed E-state index contributed by atoms with van der Waals surface area (Å²) in [6.45, 7) is 5.10. The van der Waals surface area contributed by atoms with Crippen LogP contribution in [0.3, 0.4) is 0 Å². The molecular formula is C12H14N2O4S. The van der Waals surface area contributed by atoms with Crippen LogP contribution in [0.25, 0.3) is 0 Å². The molecule has 1 saturated heterocycles. The van der Waals surface area contributed by atoms with Crippen LogP contribution in [-0.2, 0) is 16.1 Å². The number of carboxylic acids is 1. The fourth-order valence-corrected chi connectivity index (χ4v) is 2.93. The minimum Gasteiger partial charge on any atom is -0.477 e. The smallest absolute Gasteiger partial charge is 0.347 e. The van der Waals surface area contributed by atoms with Gasteiger partial charge in [-0.2, -0.15) is 0 Å². The maximum absolute atomic E-state index is 12.0. The monoisotopic (exact) mass is 282 g/mol. The summed E-state index contributed by atoms with van der Waals surface area (Å²) in [4.78, 5) is 40.2. The third-order valence-electron chi connectivity index (χ3n) is 3.05. The highest BCUT2D eigenvalue weighted by Crippen LogP contribution is 2.33. The number of hydrogen-bond acceptors (Lipinski definition) is 5. The molecule has 0 aliphatic carbocycles. The van der Waals surface area contributed by atoms with Gasteiger partial charge in [-0.15, -0.1) is 11.3 Å². The Hall–Kier alpha value is -1.76. The Kier molecular flexibility index (Phi) is 3.17. The van der Waals surface area contributed by atoms with E-state index in [-0.39, 0.29) is 29.7 Å². The summed E-state index contributed by atoms with van der Waals surface area (Å²) >= 11 is 1.00. The predicted molar refractivity (Wildman–Crippen MR) is 67.8 cm³/mol. The van der Waals surface area contributed by atoms with E-state index in [1.807, 2.05) is 0 Å². The minimum atomic E-state index is -1.04. The van der Waals surface area contributed by atoms with E-state index >= 15 is 0 Å². The van der Waals surface area contributed by atoms with Crippen LogP contribution in [0.2, 0.25) is 0 Å². The van der Waals surface area contributed by atoms with Gasteiger partial charge >= 0.3 is 5.97 Å². The van der Waals surface area contributed by atoms with Gasteiger partial charge in [-0.1, -0.05) is 13.8 Å². The number of carboxylic acid groups (broad SMARTS) is 1. The molecule has 0 bridgehead atoms. The first-order chi connectivity index (χ1) is 8.72. The van der Waals surface area contributed by atoms with Crippen LogP contribution in [0.1, 0.15) is 40.6 Å². The number of aryl methyl sites for hydroxylation is 1. The van der Waals surface area contributed by atoms with E-state index in [0.29, 0.717) is 10.7 Å². The van der Waals surface area contributed by atoms with Gasteiger partial charge in [0.1, 0.15) is 9.88 Å². The summed E-state index contributed by atoms with van der Waals surface area (Å²) in [5.41, 5.74) is -0.273. The molecule has 7 heteroatoms. The number of thiazole rings is 1. The van der Waals surface area contributed by atoms with E-state index in [2.05, 4.69) is 4.98 Å². The average Bonchev–Trinajstić information content (AvgIpc) is 2.73. The summed E-state index contributed by atoms with van der Waals surface area (Å²) in [6, 6.07) is 0. The van der Waals surface area contributed by atoms with Crippen molar-refractivity contribution in [2.45, 2.75) is 33.7 Å². The van der Waals surface area contributed by atoms with Crippen molar-refractivity contribution in [1.82, 2.24) is 9.88 Å². The molecule has 2 heterocycles. The standard InChI is InChI=1S/C12H14N2O4S/c1-6-9(10(16)17)19-7(13-6)5-14-8(15)4-12(2,3)11(14)18/h4-5H2,1-3H3,(H,16,17). The zero-order valence-electron chi connectivity index (χ0n) is 10.9. The molecule has 1 aliphatic rings. The van der Waals surface area contributed by atoms with Crippen LogP contribution < -0.4 is 0 Å². The van der Waals surface area contributed by atoms with E-state index in [1.165, 1.54) is 0 Å². The number of rotatable bonds is 3. The van der Waals surface area contributed by atoms with Crippen LogP contribution in [0.5, 0.6) is 0 Å². The van der Waals surface area contributed by atoms with Crippen LogP contribution >= 0.6 is 11.3 Å². The molecule has 0 saturated carbocycles. The summed E-state index contributed by atoms with van der Waals surface area (Å²) in [5, 5.41) is 9.42. The second-order valence-electron chi connectivity index (χ2n) is 5.17. The van der Waals surface area contributed by atoms with Crippen molar-refractivity contribution in [2.24, 2.45) is 5.41 Å². The van der Waals surface area contributed by atoms with Gasteiger partial charge in [-0.3, -0.25) is 14.5 Å². The van der Waals surface area contributed by atoms with Gasteiger partial charge in [0.2, 0.25) is 11.8 Å². The summed E-state index contributed by atoms with van der Waals surface area (Å²) in [6.07, 6.45) is 0.183. The van der Waals surface area contributed by atoms with Gasteiger partial charge in [0.25, 0.3) is 0 Å². The quantitative estimate of drug-likeness (QED) is 0.847. The van der Waals surface area contributed by atoms with Crippen LogP contribution in [0.4, 0.5) is 0 Å². The lowest BCUT2D eigenvalue weighted by atomic mass is 9.92. The molecule has 0 radical (unpaired) electrons. The highest BCUT2D eigenvalue weighted by molar-refractivity contribution is 7.13. The fraction of sp³-hybridized carbons (Fsp3) is 0.500. The van der Waals surface area contributed by atoms with Crippen molar-refractivity contribution >= 4 is 29.1 Å². The predicted octanol–water partition coefficient (Wildman–Crippen LogP) is 1.43. The second kappa shape index (κ2) is 4.41. The number of hydrogen-bond donors (Lipinski definition) is 1. The summed E-state index contributed by atoms with van der Waals surface area (Å²) in [7, 11) is 0. The van der Waals surface area contributed by atoms with Crippen molar-refractivity contribution in [3.8, 4) is 0 Å². The molecule has 0 atom stereocenters. The Labute approximate surface area is 114 Å². The lowest BCUT2D eigenvalue weighted by Gasteiger charge is -2.16. The molecule has 1 aromatic rings. The maximum Gasteiger partial charge on any atom is 0.347 e. The second-order valence-corrected chi connectivity index (χ2v) is 6.26. The van der Waals surface area contributed by atoms with Gasteiger partial charge in [0, 0.05) is 6.42 Å². The summed E-state index contributed by atoms with van der Waals surface area (Å²) in [5.74, 6) is -1.51. The van der Waals surface area contributed by atoms with Crippen molar-refractivity contribution in [3.05, 3.63) is 15.6 Å². The first-order valence-corrected chi connectivity index (χ1v) is 6.58. The Morgan fingerprint density at radius 3 is 2.53 bits per heavy atom. The Morgan fingerprint density at radius 1 is 1.47 bits per heavy atom. The van der Waals surface area contributed by atoms with Gasteiger partial charge in [-0.25, -0.2) is 9.78 Å². The molecule has 102 valence electrons. The Bertz CT molecular complexity index is 576. The molecule has 2 amide bonds. The third kappa shape index (κ3) is 2.37. The lowest BCUT2D eigenvalue weighted by molar-refractivity contribution is -0.141. The molecule has 1 aliphatic heterocycles. The number of aromatic carboxylic acids is 1. The van der Waals surface area contributed by atoms with Crippen molar-refractivity contribution < 1.29 is 19.5 Å². The first kappa shape index (κ1) is 13.7. The van der Waals surface area contributed by atoms with E-state index in [1.54, 1.807) is 20.8 Å². The number of carbonyl (C=O) groups is 3. The zero-order valence-corrected chi connectivity index (χ0v) is 11.7. The van der Waals surface area contributed by atoms with Crippen LogP contribution in [-0.4, -0.2) is 32.8 Å². The molecule has 1 fully saturated rings. The number of carbonyl (C=O) groups excluding carboxylic acids is 2. The zero-order chi connectivity index (χ0) is 14.4. The molecule has 0 spiro atoms. The highest BCUT2D eigenvalue weighted by atomic mass is 32.1. The van der Waals surface area contributed by atoms with E-state index in [4.69, 9.17) is 5.11 Å². The SMILES string of the molecule is Cc1nc(CN2C(=O)CC(C)(C)C2=O)sc1C(=O)O. The number of nitrogens with zero attached hydrogens (tertiary/aromatic N) is 2. The number of aromatic nitrogens is 1. The van der Waals surface area contributed by atoms with Crippen LogP contribution in [0, 0.1) is 12.3 Å².